The molecule has 0 aliphatic carbocycles. The van der Waals surface area contributed by atoms with Gasteiger partial charge in [-0.3, -0.25) is 4.68 Å². The van der Waals surface area contributed by atoms with Crippen LogP contribution in [0.15, 0.2) is 41.6 Å². The molecule has 0 spiro atoms. The minimum Gasteiger partial charge on any atom is -0.309 e. The highest BCUT2D eigenvalue weighted by Gasteiger charge is 2.16. The van der Waals surface area contributed by atoms with E-state index in [1.807, 2.05) is 26.4 Å². The van der Waals surface area contributed by atoms with Crippen LogP contribution in [0.2, 0.25) is 0 Å². The lowest BCUT2D eigenvalue weighted by atomic mass is 10.0. The van der Waals surface area contributed by atoms with Crippen molar-refractivity contribution in [3.05, 3.63) is 47.8 Å². The lowest BCUT2D eigenvalue weighted by molar-refractivity contribution is 0.601. The van der Waals surface area contributed by atoms with Crippen molar-refractivity contribution in [3.8, 4) is 0 Å². The summed E-state index contributed by atoms with van der Waals surface area (Å²) in [5.41, 5.74) is 1.90. The van der Waals surface area contributed by atoms with E-state index in [1.54, 1.807) is 29.1 Å². The first kappa shape index (κ1) is 13.8. The third-order valence-corrected chi connectivity index (χ3v) is 4.08. The SMILES string of the molecule is CNC(c1cccc(S(C)(=O)=O)c1)c1cnn(C)c1. The van der Waals surface area contributed by atoms with E-state index >= 15 is 0 Å². The van der Waals surface area contributed by atoms with E-state index in [0.717, 1.165) is 11.1 Å². The number of rotatable bonds is 4. The lowest BCUT2D eigenvalue weighted by Gasteiger charge is -2.15. The maximum atomic E-state index is 11.6. The molecule has 5 nitrogen and oxygen atoms in total. The second-order valence-corrected chi connectivity index (χ2v) is 6.53. The minimum absolute atomic E-state index is 0.0737. The summed E-state index contributed by atoms with van der Waals surface area (Å²) in [5.74, 6) is 0. The molecule has 2 rings (SSSR count). The number of sulfone groups is 1. The van der Waals surface area contributed by atoms with Crippen molar-refractivity contribution in [2.75, 3.05) is 13.3 Å². The van der Waals surface area contributed by atoms with E-state index in [-0.39, 0.29) is 6.04 Å². The van der Waals surface area contributed by atoms with Gasteiger partial charge in [-0.15, -0.1) is 0 Å². The van der Waals surface area contributed by atoms with Gasteiger partial charge in [0.05, 0.1) is 17.1 Å². The summed E-state index contributed by atoms with van der Waals surface area (Å²) in [7, 11) is 0.496. The van der Waals surface area contributed by atoms with Crippen LogP contribution in [0, 0.1) is 0 Å². The zero-order valence-corrected chi connectivity index (χ0v) is 12.0. The van der Waals surface area contributed by atoms with Gasteiger partial charge in [0.1, 0.15) is 0 Å². The van der Waals surface area contributed by atoms with E-state index in [2.05, 4.69) is 10.4 Å². The van der Waals surface area contributed by atoms with Gasteiger partial charge in [-0.05, 0) is 24.7 Å². The van der Waals surface area contributed by atoms with Gasteiger partial charge in [0, 0.05) is 25.1 Å². The first-order chi connectivity index (χ1) is 8.91. The summed E-state index contributed by atoms with van der Waals surface area (Å²) in [6.45, 7) is 0. The molecule has 0 saturated heterocycles. The summed E-state index contributed by atoms with van der Waals surface area (Å²) < 4.78 is 24.9. The average Bonchev–Trinajstić information content (AvgIpc) is 2.76. The summed E-state index contributed by atoms with van der Waals surface area (Å²) in [6.07, 6.45) is 4.90. The standard InChI is InChI=1S/C13H17N3O2S/c1-14-13(11-8-15-16(2)9-11)10-5-4-6-12(7-10)19(3,17)18/h4-9,13-14H,1-3H3. The van der Waals surface area contributed by atoms with Gasteiger partial charge in [-0.2, -0.15) is 5.10 Å². The van der Waals surface area contributed by atoms with Crippen molar-refractivity contribution < 1.29 is 8.42 Å². The smallest absolute Gasteiger partial charge is 0.175 e. The Labute approximate surface area is 113 Å². The molecular formula is C13H17N3O2S. The Balaban J connectivity index is 2.45. The van der Waals surface area contributed by atoms with E-state index in [9.17, 15) is 8.42 Å². The number of benzene rings is 1. The second-order valence-electron chi connectivity index (χ2n) is 4.51. The normalized spacial score (nSPS) is 13.4. The van der Waals surface area contributed by atoms with Crippen LogP contribution < -0.4 is 5.32 Å². The Morgan fingerprint density at radius 3 is 2.58 bits per heavy atom. The van der Waals surface area contributed by atoms with Gasteiger partial charge in [-0.1, -0.05) is 12.1 Å². The van der Waals surface area contributed by atoms with Crippen molar-refractivity contribution >= 4 is 9.84 Å². The first-order valence-electron chi connectivity index (χ1n) is 5.87. The van der Waals surface area contributed by atoms with Gasteiger partial charge >= 0.3 is 0 Å². The molecule has 102 valence electrons. The lowest BCUT2D eigenvalue weighted by Crippen LogP contribution is -2.17. The fourth-order valence-electron chi connectivity index (χ4n) is 2.04. The molecule has 0 amide bonds. The van der Waals surface area contributed by atoms with E-state index < -0.39 is 9.84 Å². The first-order valence-corrected chi connectivity index (χ1v) is 7.77. The molecule has 0 aliphatic rings. The van der Waals surface area contributed by atoms with Crippen LogP contribution in [-0.2, 0) is 16.9 Å². The molecule has 2 aromatic rings. The Kier molecular flexibility index (Phi) is 3.73. The highest BCUT2D eigenvalue weighted by molar-refractivity contribution is 7.90. The monoisotopic (exact) mass is 279 g/mol. The summed E-state index contributed by atoms with van der Waals surface area (Å²) >= 11 is 0. The molecule has 0 aliphatic heterocycles. The highest BCUT2D eigenvalue weighted by Crippen LogP contribution is 2.23. The molecule has 0 radical (unpaired) electrons. The van der Waals surface area contributed by atoms with Crippen molar-refractivity contribution in [1.82, 2.24) is 15.1 Å². The molecular weight excluding hydrogens is 262 g/mol. The number of hydrogen-bond acceptors (Lipinski definition) is 4. The van der Waals surface area contributed by atoms with Gasteiger partial charge in [-0.25, -0.2) is 8.42 Å². The van der Waals surface area contributed by atoms with Gasteiger partial charge in [0.2, 0.25) is 0 Å². The van der Waals surface area contributed by atoms with E-state index in [4.69, 9.17) is 0 Å². The van der Waals surface area contributed by atoms with Crippen LogP contribution in [0.1, 0.15) is 17.2 Å². The zero-order valence-electron chi connectivity index (χ0n) is 11.2. The summed E-state index contributed by atoms with van der Waals surface area (Å²) in [6, 6.07) is 6.89. The molecule has 1 N–H and O–H groups in total. The molecule has 0 bridgehead atoms. The van der Waals surface area contributed by atoms with Crippen LogP contribution in [0.3, 0.4) is 0 Å². The van der Waals surface area contributed by atoms with Gasteiger partial charge in [0.25, 0.3) is 0 Å². The third kappa shape index (κ3) is 3.02. The topological polar surface area (TPSA) is 64.0 Å². The van der Waals surface area contributed by atoms with Crippen LogP contribution in [0.4, 0.5) is 0 Å². The zero-order chi connectivity index (χ0) is 14.0. The molecule has 19 heavy (non-hydrogen) atoms. The fraction of sp³-hybridized carbons (Fsp3) is 0.308. The third-order valence-electron chi connectivity index (χ3n) is 2.97. The molecule has 0 saturated carbocycles. The van der Waals surface area contributed by atoms with E-state index in [1.165, 1.54) is 6.26 Å². The second kappa shape index (κ2) is 5.14. The number of aryl methyl sites for hydroxylation is 1. The fourth-order valence-corrected chi connectivity index (χ4v) is 2.72. The number of nitrogens with zero attached hydrogens (tertiary/aromatic N) is 2. The minimum atomic E-state index is -3.19. The number of hydrogen-bond donors (Lipinski definition) is 1. The molecule has 1 unspecified atom stereocenters. The molecule has 1 atom stereocenters. The van der Waals surface area contributed by atoms with Crippen LogP contribution in [0.25, 0.3) is 0 Å². The molecule has 1 aromatic heterocycles. The van der Waals surface area contributed by atoms with E-state index in [0.29, 0.717) is 4.90 Å². The Bertz CT molecular complexity index is 677. The maximum Gasteiger partial charge on any atom is 0.175 e. The van der Waals surface area contributed by atoms with Crippen molar-refractivity contribution in [3.63, 3.8) is 0 Å². The number of nitrogens with one attached hydrogen (secondary N) is 1. The van der Waals surface area contributed by atoms with Crippen molar-refractivity contribution in [2.24, 2.45) is 7.05 Å². The largest absolute Gasteiger partial charge is 0.309 e. The summed E-state index contributed by atoms with van der Waals surface area (Å²) in [5, 5.41) is 7.32. The maximum absolute atomic E-state index is 11.6. The van der Waals surface area contributed by atoms with Crippen molar-refractivity contribution in [1.29, 1.82) is 0 Å². The summed E-state index contributed by atoms with van der Waals surface area (Å²) in [4.78, 5) is 0.328. The Hall–Kier alpha value is -1.66. The molecule has 0 fully saturated rings. The molecule has 1 aromatic carbocycles. The highest BCUT2D eigenvalue weighted by atomic mass is 32.2. The predicted molar refractivity (Wildman–Crippen MR) is 73.7 cm³/mol. The van der Waals surface area contributed by atoms with Crippen LogP contribution in [0.5, 0.6) is 0 Å². The molecule has 6 heteroatoms. The Morgan fingerprint density at radius 2 is 2.05 bits per heavy atom. The number of aromatic nitrogens is 2. The van der Waals surface area contributed by atoms with Crippen LogP contribution in [-0.4, -0.2) is 31.5 Å². The van der Waals surface area contributed by atoms with Crippen LogP contribution >= 0.6 is 0 Å². The quantitative estimate of drug-likeness (QED) is 0.911. The average molecular weight is 279 g/mol. The molecule has 1 heterocycles. The Morgan fingerprint density at radius 1 is 1.32 bits per heavy atom. The van der Waals surface area contributed by atoms with Gasteiger partial charge in [0.15, 0.2) is 9.84 Å². The van der Waals surface area contributed by atoms with Crippen molar-refractivity contribution in [2.45, 2.75) is 10.9 Å². The predicted octanol–water partition coefficient (Wildman–Crippen LogP) is 1.13. The van der Waals surface area contributed by atoms with Gasteiger partial charge < -0.3 is 5.32 Å².